The highest BCUT2D eigenvalue weighted by Gasteiger charge is 2.65. The lowest BCUT2D eigenvalue weighted by Gasteiger charge is -2.40. The molecule has 0 spiro atoms. The van der Waals surface area contributed by atoms with Crippen LogP contribution in [0.4, 0.5) is 9.18 Å². The zero-order chi connectivity index (χ0) is 22.3. The monoisotopic (exact) mass is 417 g/mol. The molecule has 1 aliphatic carbocycles. The second-order valence-corrected chi connectivity index (χ2v) is 8.75. The molecule has 0 aromatic heterocycles. The number of carboxylic acid groups (broad SMARTS) is 1. The number of allylic oxidation sites excluding steroid dienone is 2. The van der Waals surface area contributed by atoms with Gasteiger partial charge in [0.1, 0.15) is 5.76 Å². The minimum absolute atomic E-state index is 0.151. The Labute approximate surface area is 177 Å². The maximum absolute atomic E-state index is 17.2. The average Bonchev–Trinajstić information content (AvgIpc) is 2.91. The van der Waals surface area contributed by atoms with Crippen LogP contribution in [0.5, 0.6) is 0 Å². The van der Waals surface area contributed by atoms with Gasteiger partial charge in [0.25, 0.3) is 0 Å². The van der Waals surface area contributed by atoms with Crippen LogP contribution in [0.15, 0.2) is 47.7 Å². The smallest absolute Gasteiger partial charge is 0.497 e. The Kier molecular flexibility index (Phi) is 5.77. The van der Waals surface area contributed by atoms with Crippen molar-refractivity contribution in [2.75, 3.05) is 13.7 Å². The second kappa shape index (κ2) is 7.74. The molecule has 1 fully saturated rings. The molecule has 1 heterocycles. The highest BCUT2D eigenvalue weighted by Crippen LogP contribution is 2.51. The van der Waals surface area contributed by atoms with Crippen molar-refractivity contribution in [3.05, 3.63) is 53.3 Å². The van der Waals surface area contributed by atoms with E-state index in [9.17, 15) is 4.79 Å². The highest BCUT2D eigenvalue weighted by atomic mass is 19.1. The van der Waals surface area contributed by atoms with Gasteiger partial charge in [-0.15, -0.1) is 0 Å². The number of hydrogen-bond acceptors (Lipinski definition) is 4. The predicted octanol–water partition coefficient (Wildman–Crippen LogP) is 4.23. The van der Waals surface area contributed by atoms with Crippen LogP contribution in [0.1, 0.15) is 40.2 Å². The van der Waals surface area contributed by atoms with Crippen LogP contribution in [-0.2, 0) is 14.0 Å². The molecule has 1 saturated heterocycles. The quantitative estimate of drug-likeness (QED) is 0.702. The summed E-state index contributed by atoms with van der Waals surface area (Å²) in [7, 11) is 0.205. The van der Waals surface area contributed by atoms with Crippen molar-refractivity contribution >= 4 is 18.8 Å². The molecule has 0 saturated carbocycles. The van der Waals surface area contributed by atoms with Gasteiger partial charge in [0.15, 0.2) is 5.57 Å². The van der Waals surface area contributed by atoms with Crippen LogP contribution in [0.2, 0.25) is 0 Å². The Hall–Kier alpha value is -2.32. The van der Waals surface area contributed by atoms with Crippen LogP contribution in [0, 0.1) is 5.92 Å². The molecule has 1 aromatic carbocycles. The second-order valence-electron chi connectivity index (χ2n) is 8.75. The Balaban J connectivity index is 2.16. The van der Waals surface area contributed by atoms with Crippen LogP contribution in [-0.4, -0.2) is 48.7 Å². The van der Waals surface area contributed by atoms with Crippen molar-refractivity contribution in [3.8, 4) is 0 Å². The van der Waals surface area contributed by atoms with E-state index in [1.54, 1.807) is 13.0 Å². The van der Waals surface area contributed by atoms with Gasteiger partial charge in [-0.3, -0.25) is 0 Å². The first-order chi connectivity index (χ1) is 13.9. The van der Waals surface area contributed by atoms with Gasteiger partial charge in [-0.1, -0.05) is 37.3 Å². The molecule has 2 N–H and O–H groups in total. The number of carbonyl (C=O) groups is 1. The summed E-state index contributed by atoms with van der Waals surface area (Å²) in [6, 6.07) is 9.47. The summed E-state index contributed by atoms with van der Waals surface area (Å²) in [6.07, 6.45) is 0.516. The topological polar surface area (TPSA) is 77.0 Å². The number of ether oxygens (including phenoxy) is 1. The third kappa shape index (κ3) is 3.63. The van der Waals surface area contributed by atoms with Crippen LogP contribution in [0.3, 0.4) is 0 Å². The number of halogens is 1. The fourth-order valence-electron chi connectivity index (χ4n) is 3.92. The molecule has 1 aromatic rings. The number of amides is 1. The van der Waals surface area contributed by atoms with E-state index < -0.39 is 35.9 Å². The summed E-state index contributed by atoms with van der Waals surface area (Å²) < 4.78 is 34.9. The van der Waals surface area contributed by atoms with Crippen molar-refractivity contribution in [1.82, 2.24) is 5.32 Å². The molecule has 1 amide bonds. The summed E-state index contributed by atoms with van der Waals surface area (Å²) in [5, 5.41) is 11.4. The minimum atomic E-state index is -2.15. The summed E-state index contributed by atoms with van der Waals surface area (Å²) >= 11 is 0. The third-order valence-electron chi connectivity index (χ3n) is 6.48. The number of nitrogens with one attached hydrogen (secondary N) is 1. The lowest BCUT2D eigenvalue weighted by Crippen LogP contribution is -2.55. The number of rotatable bonds is 5. The molecule has 2 unspecified atom stereocenters. The Morgan fingerprint density at radius 1 is 1.20 bits per heavy atom. The van der Waals surface area contributed by atoms with Gasteiger partial charge in [0, 0.05) is 18.0 Å². The maximum Gasteiger partial charge on any atom is 0.503 e. The lowest BCUT2D eigenvalue weighted by atomic mass is 9.54. The Morgan fingerprint density at radius 2 is 1.77 bits per heavy atom. The van der Waals surface area contributed by atoms with Crippen molar-refractivity contribution in [2.45, 2.75) is 51.4 Å². The van der Waals surface area contributed by atoms with E-state index in [0.717, 1.165) is 11.1 Å². The first-order valence-electron chi connectivity index (χ1n) is 10.00. The first kappa shape index (κ1) is 22.4. The van der Waals surface area contributed by atoms with Crippen molar-refractivity contribution < 1.29 is 28.3 Å². The molecule has 6 nitrogen and oxygen atoms in total. The number of methoxy groups -OCH3 is 1. The minimum Gasteiger partial charge on any atom is -0.497 e. The van der Waals surface area contributed by atoms with E-state index in [1.807, 2.05) is 58.0 Å². The number of alkyl halides is 1. The van der Waals surface area contributed by atoms with Gasteiger partial charge in [-0.25, -0.2) is 9.18 Å². The molecule has 8 heteroatoms. The summed E-state index contributed by atoms with van der Waals surface area (Å²) in [5.74, 6) is -0.419. The maximum atomic E-state index is 17.2. The molecule has 2 atom stereocenters. The van der Waals surface area contributed by atoms with Gasteiger partial charge >= 0.3 is 13.2 Å². The van der Waals surface area contributed by atoms with Crippen LogP contribution < -0.4 is 5.32 Å². The summed E-state index contributed by atoms with van der Waals surface area (Å²) in [4.78, 5) is 11.2. The fourth-order valence-corrected chi connectivity index (χ4v) is 3.92. The lowest BCUT2D eigenvalue weighted by molar-refractivity contribution is 0.00578. The first-order valence-corrected chi connectivity index (χ1v) is 10.00. The van der Waals surface area contributed by atoms with E-state index in [1.165, 1.54) is 7.11 Å². The van der Waals surface area contributed by atoms with Crippen molar-refractivity contribution in [1.29, 1.82) is 0 Å². The van der Waals surface area contributed by atoms with Gasteiger partial charge < -0.3 is 24.5 Å². The Bertz CT molecular complexity index is 867. The van der Waals surface area contributed by atoms with Crippen molar-refractivity contribution in [2.24, 2.45) is 5.92 Å². The molecular weight excluding hydrogens is 388 g/mol. The van der Waals surface area contributed by atoms with Gasteiger partial charge in [0.2, 0.25) is 0 Å². The number of hydrogen-bond donors (Lipinski definition) is 2. The summed E-state index contributed by atoms with van der Waals surface area (Å²) in [5.41, 5.74) is -1.92. The number of benzene rings is 1. The van der Waals surface area contributed by atoms with Gasteiger partial charge in [-0.05, 0) is 44.9 Å². The van der Waals surface area contributed by atoms with Gasteiger partial charge in [-0.2, -0.15) is 0 Å². The predicted molar refractivity (Wildman–Crippen MR) is 114 cm³/mol. The zero-order valence-electron chi connectivity index (χ0n) is 18.3. The molecule has 30 heavy (non-hydrogen) atoms. The molecule has 162 valence electrons. The van der Waals surface area contributed by atoms with E-state index in [4.69, 9.17) is 19.2 Å². The molecule has 3 rings (SSSR count). The third-order valence-corrected chi connectivity index (χ3v) is 6.48. The van der Waals surface area contributed by atoms with Crippen LogP contribution >= 0.6 is 0 Å². The van der Waals surface area contributed by atoms with E-state index >= 15 is 4.39 Å². The Morgan fingerprint density at radius 3 is 2.27 bits per heavy atom. The summed E-state index contributed by atoms with van der Waals surface area (Å²) in [6.45, 7) is 8.93. The zero-order valence-corrected chi connectivity index (χ0v) is 18.3. The highest BCUT2D eigenvalue weighted by molar-refractivity contribution is 6.51. The van der Waals surface area contributed by atoms with E-state index in [0.29, 0.717) is 0 Å². The standard InChI is InChI=1S/C22H29BFNO5/c1-14-16(15-10-8-7-9-11-15)12-18(28-6)17(13-25-19(26)27)22(14,24)23-29-20(2,3)21(4,5)30-23/h7-12,14,25H,13H2,1-6H3,(H,26,27). The van der Waals surface area contributed by atoms with E-state index in [2.05, 4.69) is 5.32 Å². The molecule has 0 radical (unpaired) electrons. The largest absolute Gasteiger partial charge is 0.503 e. The fraction of sp³-hybridized carbons (Fsp3) is 0.500. The van der Waals surface area contributed by atoms with Crippen molar-refractivity contribution in [3.63, 3.8) is 0 Å². The molecular formula is C22H29BFNO5. The normalized spacial score (nSPS) is 27.6. The van der Waals surface area contributed by atoms with E-state index in [-0.39, 0.29) is 17.9 Å². The molecule has 0 bridgehead atoms. The molecule has 2 aliphatic rings. The van der Waals surface area contributed by atoms with Gasteiger partial charge in [0.05, 0.1) is 18.3 Å². The van der Waals surface area contributed by atoms with Crippen LogP contribution in [0.25, 0.3) is 5.57 Å². The average molecular weight is 417 g/mol. The molecule has 1 aliphatic heterocycles. The SMILES string of the molecule is COC1=C(CNC(=O)O)C(F)(B2OC(C)(C)C(C)(C)O2)C(C)C(c2ccccc2)=C1.